The molecule has 2 saturated heterocycles. The molecule has 0 N–H and O–H groups in total. The summed E-state index contributed by atoms with van der Waals surface area (Å²) in [4.78, 5) is 5.40. The number of likely N-dealkylation sites (N-methyl/N-ethyl adjacent to an activating group) is 1. The first-order chi connectivity index (χ1) is 8.86. The van der Waals surface area contributed by atoms with Crippen LogP contribution in [0.3, 0.4) is 0 Å². The van der Waals surface area contributed by atoms with Crippen molar-refractivity contribution in [2.24, 2.45) is 0 Å². The van der Waals surface area contributed by atoms with E-state index in [0.29, 0.717) is 0 Å². The number of fused-ring (bicyclic) bond motifs is 2. The molecule has 2 bridgehead atoms. The third-order valence-electron chi connectivity index (χ3n) is 4.67. The van der Waals surface area contributed by atoms with Crippen LogP contribution in [-0.2, 0) is 6.54 Å². The summed E-state index contributed by atoms with van der Waals surface area (Å²) in [5.74, 6) is 0. The van der Waals surface area contributed by atoms with Crippen molar-refractivity contribution in [1.29, 1.82) is 0 Å². The van der Waals surface area contributed by atoms with Crippen LogP contribution >= 0.6 is 0 Å². The number of benzene rings is 1. The van der Waals surface area contributed by atoms with Gasteiger partial charge in [-0.1, -0.05) is 37.3 Å². The van der Waals surface area contributed by atoms with E-state index in [1.165, 1.54) is 44.5 Å². The highest BCUT2D eigenvalue weighted by atomic mass is 15.3. The third kappa shape index (κ3) is 2.45. The van der Waals surface area contributed by atoms with Crippen molar-refractivity contribution in [3.8, 4) is 0 Å². The van der Waals surface area contributed by atoms with Crippen LogP contribution in [0.25, 0.3) is 0 Å². The summed E-state index contributed by atoms with van der Waals surface area (Å²) in [5.41, 5.74) is 1.47. The van der Waals surface area contributed by atoms with Gasteiger partial charge in [0.25, 0.3) is 0 Å². The molecule has 0 aliphatic carbocycles. The van der Waals surface area contributed by atoms with Crippen molar-refractivity contribution in [1.82, 2.24) is 9.80 Å². The Balaban J connectivity index is 1.72. The Morgan fingerprint density at radius 2 is 1.83 bits per heavy atom. The lowest BCUT2D eigenvalue weighted by molar-refractivity contribution is 0.179. The van der Waals surface area contributed by atoms with Gasteiger partial charge < -0.3 is 4.90 Å². The van der Waals surface area contributed by atoms with E-state index >= 15 is 0 Å². The van der Waals surface area contributed by atoms with Crippen LogP contribution in [0.2, 0.25) is 0 Å². The fourth-order valence-electron chi connectivity index (χ4n) is 3.58. The van der Waals surface area contributed by atoms with Crippen molar-refractivity contribution in [3.63, 3.8) is 0 Å². The lowest BCUT2D eigenvalue weighted by atomic mass is 10.1. The van der Waals surface area contributed by atoms with Gasteiger partial charge in [-0.15, -0.1) is 0 Å². The molecule has 0 radical (unpaired) electrons. The van der Waals surface area contributed by atoms with Gasteiger partial charge in [0.15, 0.2) is 0 Å². The predicted octanol–water partition coefficient (Wildman–Crippen LogP) is 2.75. The average molecular weight is 244 g/mol. The minimum Gasteiger partial charge on any atom is -0.302 e. The second-order valence-corrected chi connectivity index (χ2v) is 5.72. The lowest BCUT2D eigenvalue weighted by Crippen LogP contribution is -2.38. The number of hydrogen-bond acceptors (Lipinski definition) is 2. The van der Waals surface area contributed by atoms with Gasteiger partial charge in [0.2, 0.25) is 0 Å². The highest BCUT2D eigenvalue weighted by Gasteiger charge is 2.36. The van der Waals surface area contributed by atoms with Gasteiger partial charge in [0.1, 0.15) is 0 Å². The molecule has 1 aromatic rings. The Labute approximate surface area is 111 Å². The molecule has 0 spiro atoms. The van der Waals surface area contributed by atoms with Crippen LogP contribution in [0.5, 0.6) is 0 Å². The van der Waals surface area contributed by atoms with Crippen molar-refractivity contribution in [3.05, 3.63) is 35.9 Å². The largest absolute Gasteiger partial charge is 0.302 e. The second kappa shape index (κ2) is 5.41. The van der Waals surface area contributed by atoms with Crippen molar-refractivity contribution in [2.45, 2.75) is 44.8 Å². The molecule has 1 aromatic carbocycles. The van der Waals surface area contributed by atoms with Crippen LogP contribution in [-0.4, -0.2) is 41.5 Å². The zero-order valence-electron chi connectivity index (χ0n) is 11.4. The zero-order chi connectivity index (χ0) is 12.4. The van der Waals surface area contributed by atoms with Gasteiger partial charge >= 0.3 is 0 Å². The van der Waals surface area contributed by atoms with E-state index in [0.717, 1.165) is 18.6 Å². The van der Waals surface area contributed by atoms with Crippen LogP contribution in [0.15, 0.2) is 30.3 Å². The highest BCUT2D eigenvalue weighted by molar-refractivity contribution is 5.15. The van der Waals surface area contributed by atoms with E-state index in [9.17, 15) is 0 Å². The molecule has 2 heterocycles. The van der Waals surface area contributed by atoms with Crippen LogP contribution in [0, 0.1) is 0 Å². The van der Waals surface area contributed by atoms with Gasteiger partial charge in [-0.05, 0) is 37.9 Å². The van der Waals surface area contributed by atoms with Gasteiger partial charge in [0, 0.05) is 25.2 Å². The maximum atomic E-state index is 2.77. The summed E-state index contributed by atoms with van der Waals surface area (Å²) in [5, 5.41) is 0. The van der Waals surface area contributed by atoms with Crippen molar-refractivity contribution < 1.29 is 0 Å². The van der Waals surface area contributed by atoms with E-state index in [1.807, 2.05) is 0 Å². The highest BCUT2D eigenvalue weighted by Crippen LogP contribution is 2.31. The molecule has 0 amide bonds. The molecule has 2 heteroatoms. The molecular weight excluding hydrogens is 220 g/mol. The van der Waals surface area contributed by atoms with Gasteiger partial charge in [-0.3, -0.25) is 4.90 Å². The summed E-state index contributed by atoms with van der Waals surface area (Å²) in [6.07, 6.45) is 4.17. The topological polar surface area (TPSA) is 6.48 Å². The maximum Gasteiger partial charge on any atom is 0.0240 e. The van der Waals surface area contributed by atoms with Crippen molar-refractivity contribution >= 4 is 0 Å². The van der Waals surface area contributed by atoms with E-state index in [4.69, 9.17) is 0 Å². The molecule has 98 valence electrons. The van der Waals surface area contributed by atoms with Gasteiger partial charge in [-0.25, -0.2) is 0 Å². The lowest BCUT2D eigenvalue weighted by Gasteiger charge is -2.28. The Bertz CT molecular complexity index is 376. The van der Waals surface area contributed by atoms with E-state index < -0.39 is 0 Å². The number of rotatable bonds is 3. The first-order valence-corrected chi connectivity index (χ1v) is 7.39. The smallest absolute Gasteiger partial charge is 0.0240 e. The minimum absolute atomic E-state index is 0.789. The summed E-state index contributed by atoms with van der Waals surface area (Å²) >= 11 is 0. The molecule has 2 nitrogen and oxygen atoms in total. The fraction of sp³-hybridized carbons (Fsp3) is 0.625. The maximum absolute atomic E-state index is 2.77. The molecule has 2 aliphatic rings. The summed E-state index contributed by atoms with van der Waals surface area (Å²) in [6, 6.07) is 12.6. The average Bonchev–Trinajstić information content (AvgIpc) is 2.66. The summed E-state index contributed by atoms with van der Waals surface area (Å²) < 4.78 is 0. The van der Waals surface area contributed by atoms with Crippen molar-refractivity contribution in [2.75, 3.05) is 19.6 Å². The molecule has 3 rings (SSSR count). The molecule has 2 atom stereocenters. The first kappa shape index (κ1) is 12.2. The summed E-state index contributed by atoms with van der Waals surface area (Å²) in [7, 11) is 0. The fourth-order valence-corrected chi connectivity index (χ4v) is 3.58. The Morgan fingerprint density at radius 3 is 2.61 bits per heavy atom. The van der Waals surface area contributed by atoms with Crippen LogP contribution < -0.4 is 0 Å². The second-order valence-electron chi connectivity index (χ2n) is 5.72. The Kier molecular flexibility index (Phi) is 3.67. The minimum atomic E-state index is 0.789. The summed E-state index contributed by atoms with van der Waals surface area (Å²) in [6.45, 7) is 7.22. The van der Waals surface area contributed by atoms with E-state index in [2.05, 4.69) is 47.1 Å². The predicted molar refractivity (Wildman–Crippen MR) is 75.5 cm³/mol. The van der Waals surface area contributed by atoms with E-state index in [1.54, 1.807) is 0 Å². The molecule has 2 unspecified atom stereocenters. The quantitative estimate of drug-likeness (QED) is 0.806. The first-order valence-electron chi connectivity index (χ1n) is 7.39. The SMILES string of the molecule is CCN1CCC2CCC(C1)N2Cc1ccccc1. The normalized spacial score (nSPS) is 29.4. The van der Waals surface area contributed by atoms with Crippen LogP contribution in [0.4, 0.5) is 0 Å². The number of nitrogens with zero attached hydrogens (tertiary/aromatic N) is 2. The molecule has 2 aliphatic heterocycles. The van der Waals surface area contributed by atoms with Gasteiger partial charge in [0.05, 0.1) is 0 Å². The Hall–Kier alpha value is -0.860. The molecule has 0 aromatic heterocycles. The number of hydrogen-bond donors (Lipinski definition) is 0. The molecule has 0 saturated carbocycles. The zero-order valence-corrected chi connectivity index (χ0v) is 11.4. The molecule has 18 heavy (non-hydrogen) atoms. The van der Waals surface area contributed by atoms with Gasteiger partial charge in [-0.2, -0.15) is 0 Å². The third-order valence-corrected chi connectivity index (χ3v) is 4.67. The van der Waals surface area contributed by atoms with E-state index in [-0.39, 0.29) is 0 Å². The number of likely N-dealkylation sites (tertiary alicyclic amines) is 1. The Morgan fingerprint density at radius 1 is 1.06 bits per heavy atom. The monoisotopic (exact) mass is 244 g/mol. The van der Waals surface area contributed by atoms with Crippen LogP contribution in [0.1, 0.15) is 31.7 Å². The standard InChI is InChI=1S/C16H24N2/c1-2-17-11-10-15-8-9-16(13-17)18(15)12-14-6-4-3-5-7-14/h3-7,15-16H,2,8-13H2,1H3. The molecular formula is C16H24N2. The molecule has 2 fully saturated rings.